The Kier molecular flexibility index (Phi) is 5.61. The number of aromatic nitrogens is 1. The van der Waals surface area contributed by atoms with Gasteiger partial charge in [0.05, 0.1) is 30.2 Å². The van der Waals surface area contributed by atoms with Gasteiger partial charge in [0.2, 0.25) is 0 Å². The Morgan fingerprint density at radius 2 is 1.94 bits per heavy atom. The number of allylic oxidation sites excluding steroid dienone is 2. The molecule has 1 saturated heterocycles. The third-order valence-corrected chi connectivity index (χ3v) is 7.01. The summed E-state index contributed by atoms with van der Waals surface area (Å²) in [7, 11) is 0. The van der Waals surface area contributed by atoms with Crippen molar-refractivity contribution >= 4 is 28.2 Å². The van der Waals surface area contributed by atoms with Gasteiger partial charge in [-0.3, -0.25) is 9.79 Å². The van der Waals surface area contributed by atoms with E-state index in [2.05, 4.69) is 59.0 Å². The predicted octanol–water partition coefficient (Wildman–Crippen LogP) is 4.10. The van der Waals surface area contributed by atoms with Crippen LogP contribution in [0.25, 0.3) is 10.9 Å². The minimum atomic E-state index is 0.0165. The van der Waals surface area contributed by atoms with Gasteiger partial charge in [-0.15, -0.1) is 0 Å². The van der Waals surface area contributed by atoms with E-state index in [4.69, 9.17) is 9.73 Å². The monoisotopic (exact) mass is 452 g/mol. The maximum absolute atomic E-state index is 13.4. The zero-order valence-electron chi connectivity index (χ0n) is 19.0. The summed E-state index contributed by atoms with van der Waals surface area (Å²) in [6, 6.07) is 16.7. The zero-order valence-corrected chi connectivity index (χ0v) is 19.0. The number of morpholine rings is 1. The summed E-state index contributed by atoms with van der Waals surface area (Å²) in [5.74, 6) is 0.0659. The summed E-state index contributed by atoms with van der Waals surface area (Å²) >= 11 is 0. The number of amides is 1. The summed E-state index contributed by atoms with van der Waals surface area (Å²) in [4.78, 5) is 23.6. The molecule has 0 saturated carbocycles. The summed E-state index contributed by atoms with van der Waals surface area (Å²) in [5.41, 5.74) is 6.16. The lowest BCUT2D eigenvalue weighted by Gasteiger charge is -2.36. The molecule has 1 aliphatic carbocycles. The quantitative estimate of drug-likeness (QED) is 0.612. The van der Waals surface area contributed by atoms with Crippen LogP contribution >= 0.6 is 0 Å². The molecule has 2 aliphatic heterocycles. The first-order valence-corrected chi connectivity index (χ1v) is 12.0. The lowest BCUT2D eigenvalue weighted by atomic mass is 9.79. The molecule has 1 fully saturated rings. The summed E-state index contributed by atoms with van der Waals surface area (Å²) < 4.78 is 5.44. The molecule has 2 aromatic carbocycles. The molecule has 1 aromatic heterocycles. The molecule has 6 nitrogen and oxygen atoms in total. The molecule has 6 rings (SSSR count). The average Bonchev–Trinajstić information content (AvgIpc) is 3.31. The molecule has 3 heterocycles. The molecule has 3 aliphatic rings. The molecule has 34 heavy (non-hydrogen) atoms. The number of benzene rings is 2. The molecule has 1 amide bonds. The number of hydrogen-bond acceptors (Lipinski definition) is 4. The van der Waals surface area contributed by atoms with Gasteiger partial charge in [0, 0.05) is 42.1 Å². The van der Waals surface area contributed by atoms with Crippen molar-refractivity contribution in [2.75, 3.05) is 32.8 Å². The fourth-order valence-electron chi connectivity index (χ4n) is 5.26. The summed E-state index contributed by atoms with van der Waals surface area (Å²) in [6.45, 7) is 3.26. The Hall–Kier alpha value is -3.48. The van der Waals surface area contributed by atoms with Gasteiger partial charge >= 0.3 is 0 Å². The second kappa shape index (κ2) is 9.05. The number of ether oxygens (including phenoxy) is 1. The average molecular weight is 453 g/mol. The number of carbonyl (C=O) groups is 1. The Balaban J connectivity index is 1.26. The fourth-order valence-corrected chi connectivity index (χ4v) is 5.26. The minimum Gasteiger partial charge on any atom is -0.378 e. The maximum Gasteiger partial charge on any atom is 0.255 e. The molecular formula is C28H28N4O2. The van der Waals surface area contributed by atoms with E-state index in [9.17, 15) is 4.79 Å². The highest BCUT2D eigenvalue weighted by molar-refractivity contribution is 6.24. The number of nitrogens with zero attached hydrogens (tertiary/aromatic N) is 2. The number of para-hydroxylation sites is 2. The van der Waals surface area contributed by atoms with Gasteiger partial charge in [0.15, 0.2) is 0 Å². The van der Waals surface area contributed by atoms with Crippen LogP contribution in [0.4, 0.5) is 5.69 Å². The van der Waals surface area contributed by atoms with Gasteiger partial charge in [-0.05, 0) is 42.3 Å². The molecule has 2 N–H and O–H groups in total. The van der Waals surface area contributed by atoms with E-state index in [-0.39, 0.29) is 17.9 Å². The molecule has 0 bridgehead atoms. The smallest absolute Gasteiger partial charge is 0.255 e. The largest absolute Gasteiger partial charge is 0.378 e. The predicted molar refractivity (Wildman–Crippen MR) is 134 cm³/mol. The third-order valence-electron chi connectivity index (χ3n) is 7.01. The topological polar surface area (TPSA) is 69.7 Å². The van der Waals surface area contributed by atoms with E-state index in [1.165, 1.54) is 22.0 Å². The number of aromatic amines is 1. The molecule has 0 radical (unpaired) electrons. The van der Waals surface area contributed by atoms with Crippen molar-refractivity contribution in [2.45, 2.75) is 12.5 Å². The van der Waals surface area contributed by atoms with Gasteiger partial charge in [0.1, 0.15) is 0 Å². The van der Waals surface area contributed by atoms with Crippen molar-refractivity contribution in [3.63, 3.8) is 0 Å². The third kappa shape index (κ3) is 3.79. The van der Waals surface area contributed by atoms with Crippen LogP contribution in [0.3, 0.4) is 0 Å². The first-order chi connectivity index (χ1) is 16.8. The first kappa shape index (κ1) is 21.1. The van der Waals surface area contributed by atoms with E-state index >= 15 is 0 Å². The lowest BCUT2D eigenvalue weighted by molar-refractivity contribution is -0.130. The SMILES string of the molecule is O=C(C1=CC=CC2C1=Nc1ccccc1C2NCCc1c[nH]c2ccccc12)N1CCOCC1. The zero-order chi connectivity index (χ0) is 22.9. The van der Waals surface area contributed by atoms with Gasteiger partial charge in [-0.25, -0.2) is 0 Å². The normalized spacial score (nSPS) is 21.6. The van der Waals surface area contributed by atoms with Crippen molar-refractivity contribution in [3.05, 3.63) is 89.7 Å². The van der Waals surface area contributed by atoms with Crippen LogP contribution in [0.1, 0.15) is 17.2 Å². The van der Waals surface area contributed by atoms with Crippen molar-refractivity contribution < 1.29 is 9.53 Å². The Bertz CT molecular complexity index is 1310. The lowest BCUT2D eigenvalue weighted by Crippen LogP contribution is -2.45. The summed E-state index contributed by atoms with van der Waals surface area (Å²) in [5, 5.41) is 5.07. The van der Waals surface area contributed by atoms with Crippen LogP contribution in [-0.4, -0.2) is 54.4 Å². The van der Waals surface area contributed by atoms with Gasteiger partial charge in [0.25, 0.3) is 5.91 Å². The highest BCUT2D eigenvalue weighted by Gasteiger charge is 2.37. The number of carbonyl (C=O) groups excluding carboxylic acids is 1. The maximum atomic E-state index is 13.4. The minimum absolute atomic E-state index is 0.0165. The van der Waals surface area contributed by atoms with E-state index in [1.807, 2.05) is 29.2 Å². The van der Waals surface area contributed by atoms with E-state index < -0.39 is 0 Å². The number of aliphatic imine (C=N–C) groups is 1. The highest BCUT2D eigenvalue weighted by Crippen LogP contribution is 2.40. The van der Waals surface area contributed by atoms with Crippen LogP contribution in [0, 0.1) is 5.92 Å². The second-order valence-corrected chi connectivity index (χ2v) is 8.99. The fraction of sp³-hybridized carbons (Fsp3) is 0.286. The molecular weight excluding hydrogens is 424 g/mol. The van der Waals surface area contributed by atoms with Gasteiger partial charge in [-0.1, -0.05) is 48.6 Å². The number of hydrogen-bond donors (Lipinski definition) is 2. The van der Waals surface area contributed by atoms with Crippen molar-refractivity contribution in [3.8, 4) is 0 Å². The highest BCUT2D eigenvalue weighted by atomic mass is 16.5. The molecule has 3 aromatic rings. The number of rotatable bonds is 5. The Morgan fingerprint density at radius 1 is 1.12 bits per heavy atom. The molecule has 2 unspecified atom stereocenters. The van der Waals surface area contributed by atoms with Crippen molar-refractivity contribution in [1.82, 2.24) is 15.2 Å². The van der Waals surface area contributed by atoms with E-state index in [0.717, 1.165) is 24.4 Å². The van der Waals surface area contributed by atoms with Gasteiger partial charge < -0.3 is 19.9 Å². The number of fused-ring (bicyclic) bond motifs is 3. The van der Waals surface area contributed by atoms with Gasteiger partial charge in [-0.2, -0.15) is 0 Å². The van der Waals surface area contributed by atoms with Crippen LogP contribution < -0.4 is 5.32 Å². The number of nitrogens with one attached hydrogen (secondary N) is 2. The Labute approximate surface area is 199 Å². The van der Waals surface area contributed by atoms with Crippen molar-refractivity contribution in [1.29, 1.82) is 0 Å². The van der Waals surface area contributed by atoms with Crippen molar-refractivity contribution in [2.24, 2.45) is 10.9 Å². The van der Waals surface area contributed by atoms with Crippen LogP contribution in [-0.2, 0) is 16.0 Å². The van der Waals surface area contributed by atoms with Crippen LogP contribution in [0.2, 0.25) is 0 Å². The van der Waals surface area contributed by atoms with Crippen LogP contribution in [0.15, 0.2) is 83.5 Å². The molecule has 6 heteroatoms. The van der Waals surface area contributed by atoms with Crippen LogP contribution in [0.5, 0.6) is 0 Å². The standard InChI is InChI=1S/C28H28N4O2/c33-28(32-14-16-34-17-15-32)23-9-5-8-22-26(21-7-2-4-11-25(21)31-27(22)23)29-13-12-19-18-30-24-10-3-1-6-20(19)24/h1-11,18,22,26,29-30H,12-17H2. The first-order valence-electron chi connectivity index (χ1n) is 12.0. The Morgan fingerprint density at radius 3 is 2.85 bits per heavy atom. The molecule has 172 valence electrons. The molecule has 0 spiro atoms. The second-order valence-electron chi connectivity index (χ2n) is 8.99. The van der Waals surface area contributed by atoms with E-state index in [1.54, 1.807) is 0 Å². The summed E-state index contributed by atoms with van der Waals surface area (Å²) in [6.07, 6.45) is 9.13. The number of H-pyrrole nitrogens is 1. The van der Waals surface area contributed by atoms with E-state index in [0.29, 0.717) is 31.9 Å². The molecule has 2 atom stereocenters.